The molecule has 1 saturated carbocycles. The summed E-state index contributed by atoms with van der Waals surface area (Å²) in [5.74, 6) is 0.0914. The summed E-state index contributed by atoms with van der Waals surface area (Å²) in [6.45, 7) is 1.61. The van der Waals surface area contributed by atoms with E-state index in [-0.39, 0.29) is 11.9 Å². The maximum absolute atomic E-state index is 12.3. The molecule has 9 nitrogen and oxygen atoms in total. The summed E-state index contributed by atoms with van der Waals surface area (Å²) in [7, 11) is 0. The minimum absolute atomic E-state index is 0.0914. The van der Waals surface area contributed by atoms with Crippen LogP contribution in [0, 0.1) is 3.57 Å². The summed E-state index contributed by atoms with van der Waals surface area (Å²) in [5.41, 5.74) is -0.705. The number of carbonyl (C=O) groups excluding carboxylic acids is 1. The number of halogens is 1. The summed E-state index contributed by atoms with van der Waals surface area (Å²) in [4.78, 5) is 28.2. The van der Waals surface area contributed by atoms with Crippen LogP contribution in [0.25, 0.3) is 0 Å². The Bertz CT molecular complexity index is 720. The number of carbonyl (C=O) groups is 1. The summed E-state index contributed by atoms with van der Waals surface area (Å²) in [6, 6.07) is 0. The lowest BCUT2D eigenvalue weighted by Crippen LogP contribution is -2.36. The zero-order valence-corrected chi connectivity index (χ0v) is 16.5. The number of rotatable bonds is 3. The van der Waals surface area contributed by atoms with E-state index < -0.39 is 36.3 Å². The minimum Gasteiger partial charge on any atom is -0.446 e. The third-order valence-corrected chi connectivity index (χ3v) is 5.49. The van der Waals surface area contributed by atoms with Crippen LogP contribution in [0.1, 0.15) is 45.3 Å². The molecule has 0 spiro atoms. The van der Waals surface area contributed by atoms with E-state index in [1.54, 1.807) is 6.92 Å². The van der Waals surface area contributed by atoms with Crippen molar-refractivity contribution in [2.45, 2.75) is 69.7 Å². The number of aliphatic hydroxyl groups is 2. The van der Waals surface area contributed by atoms with Crippen LogP contribution in [0.3, 0.4) is 0 Å². The summed E-state index contributed by atoms with van der Waals surface area (Å²) in [5, 5.41) is 22.3. The molecule has 1 amide bonds. The fourth-order valence-electron chi connectivity index (χ4n) is 3.23. The Hall–Kier alpha value is -1.24. The molecule has 2 aliphatic rings. The molecule has 2 heterocycles. The van der Waals surface area contributed by atoms with Crippen molar-refractivity contribution in [1.82, 2.24) is 9.55 Å². The molecule has 0 radical (unpaired) electrons. The van der Waals surface area contributed by atoms with Crippen molar-refractivity contribution in [3.63, 3.8) is 0 Å². The van der Waals surface area contributed by atoms with E-state index in [1.807, 2.05) is 22.6 Å². The fraction of sp³-hybridized carbons (Fsp3) is 0.688. The third-order valence-electron chi connectivity index (χ3n) is 4.70. The number of anilines is 1. The van der Waals surface area contributed by atoms with Gasteiger partial charge in [-0.3, -0.25) is 9.88 Å². The highest BCUT2D eigenvalue weighted by molar-refractivity contribution is 14.1. The van der Waals surface area contributed by atoms with Gasteiger partial charge in [0.15, 0.2) is 12.0 Å². The highest BCUT2D eigenvalue weighted by Gasteiger charge is 2.42. The Morgan fingerprint density at radius 1 is 1.35 bits per heavy atom. The normalized spacial score (nSPS) is 29.5. The van der Waals surface area contributed by atoms with Crippen LogP contribution in [0.5, 0.6) is 0 Å². The molecule has 1 aliphatic carbocycles. The van der Waals surface area contributed by atoms with Crippen molar-refractivity contribution in [2.24, 2.45) is 0 Å². The molecular formula is C16H22IN3O6. The number of amides is 1. The lowest BCUT2D eigenvalue weighted by Gasteiger charge is -2.22. The van der Waals surface area contributed by atoms with Crippen molar-refractivity contribution < 1.29 is 24.5 Å². The van der Waals surface area contributed by atoms with Gasteiger partial charge in [-0.2, -0.15) is 4.98 Å². The molecule has 0 bridgehead atoms. The molecule has 144 valence electrons. The largest absolute Gasteiger partial charge is 0.446 e. The van der Waals surface area contributed by atoms with E-state index in [9.17, 15) is 19.8 Å². The van der Waals surface area contributed by atoms with Crippen LogP contribution in [0.2, 0.25) is 0 Å². The van der Waals surface area contributed by atoms with Gasteiger partial charge in [-0.15, -0.1) is 0 Å². The number of hydrogen-bond donors (Lipinski definition) is 3. The first-order valence-electron chi connectivity index (χ1n) is 8.64. The molecule has 1 saturated heterocycles. The van der Waals surface area contributed by atoms with Gasteiger partial charge in [-0.25, -0.2) is 9.59 Å². The molecule has 2 unspecified atom stereocenters. The van der Waals surface area contributed by atoms with Crippen molar-refractivity contribution in [1.29, 1.82) is 0 Å². The zero-order chi connectivity index (χ0) is 18.8. The molecule has 2 fully saturated rings. The summed E-state index contributed by atoms with van der Waals surface area (Å²) >= 11 is 1.92. The van der Waals surface area contributed by atoms with Crippen LogP contribution in [-0.2, 0) is 9.47 Å². The topological polar surface area (TPSA) is 123 Å². The molecule has 1 aliphatic heterocycles. The lowest BCUT2D eigenvalue weighted by molar-refractivity contribution is -0.0351. The molecular weight excluding hydrogens is 457 g/mol. The second-order valence-corrected chi connectivity index (χ2v) is 7.79. The van der Waals surface area contributed by atoms with Crippen molar-refractivity contribution in [3.8, 4) is 0 Å². The average Bonchev–Trinajstić information content (AvgIpc) is 2.86. The maximum atomic E-state index is 12.3. The molecule has 1 aromatic heterocycles. The van der Waals surface area contributed by atoms with E-state index in [1.165, 1.54) is 6.20 Å². The molecule has 3 rings (SSSR count). The molecule has 10 heteroatoms. The predicted molar refractivity (Wildman–Crippen MR) is 99.8 cm³/mol. The van der Waals surface area contributed by atoms with Crippen LogP contribution in [0.4, 0.5) is 10.6 Å². The van der Waals surface area contributed by atoms with E-state index in [2.05, 4.69) is 10.3 Å². The predicted octanol–water partition coefficient (Wildman–Crippen LogP) is 1.37. The van der Waals surface area contributed by atoms with Gasteiger partial charge in [0.25, 0.3) is 0 Å². The Kier molecular flexibility index (Phi) is 6.15. The van der Waals surface area contributed by atoms with Gasteiger partial charge in [0.1, 0.15) is 18.3 Å². The monoisotopic (exact) mass is 479 g/mol. The smallest absolute Gasteiger partial charge is 0.413 e. The number of nitrogens with one attached hydrogen (secondary N) is 1. The highest BCUT2D eigenvalue weighted by Crippen LogP contribution is 2.29. The van der Waals surface area contributed by atoms with E-state index in [4.69, 9.17) is 9.47 Å². The Labute approximate surface area is 163 Å². The Morgan fingerprint density at radius 2 is 2.04 bits per heavy atom. The number of nitrogens with zero attached hydrogens (tertiary/aromatic N) is 2. The first-order valence-corrected chi connectivity index (χ1v) is 9.72. The van der Waals surface area contributed by atoms with Crippen LogP contribution in [-0.4, -0.2) is 50.3 Å². The number of aliphatic hydroxyl groups excluding tert-OH is 2. The summed E-state index contributed by atoms with van der Waals surface area (Å²) in [6.07, 6.45) is 1.63. The van der Waals surface area contributed by atoms with E-state index >= 15 is 0 Å². The number of ether oxygens (including phenoxy) is 2. The average molecular weight is 479 g/mol. The van der Waals surface area contributed by atoms with E-state index in [0.29, 0.717) is 3.57 Å². The Morgan fingerprint density at radius 3 is 2.65 bits per heavy atom. The molecule has 26 heavy (non-hydrogen) atoms. The van der Waals surface area contributed by atoms with Gasteiger partial charge >= 0.3 is 11.8 Å². The molecule has 0 aromatic carbocycles. The first kappa shape index (κ1) is 19.5. The third kappa shape index (κ3) is 4.18. The Balaban J connectivity index is 1.71. The highest BCUT2D eigenvalue weighted by atomic mass is 127. The van der Waals surface area contributed by atoms with Crippen LogP contribution < -0.4 is 11.0 Å². The quantitative estimate of drug-likeness (QED) is 0.560. The van der Waals surface area contributed by atoms with Gasteiger partial charge in [-0.1, -0.05) is 6.42 Å². The van der Waals surface area contributed by atoms with Crippen LogP contribution in [0.15, 0.2) is 11.0 Å². The second kappa shape index (κ2) is 8.19. The van der Waals surface area contributed by atoms with Crippen molar-refractivity contribution in [3.05, 3.63) is 20.3 Å². The second-order valence-electron chi connectivity index (χ2n) is 6.63. The minimum atomic E-state index is -1.24. The fourth-order valence-corrected chi connectivity index (χ4v) is 3.79. The number of hydrogen-bond acceptors (Lipinski definition) is 7. The van der Waals surface area contributed by atoms with Gasteiger partial charge < -0.3 is 19.7 Å². The first-order chi connectivity index (χ1) is 12.4. The summed E-state index contributed by atoms with van der Waals surface area (Å²) < 4.78 is 12.4. The molecule has 1 aromatic rings. The number of aromatic nitrogens is 2. The molecule has 4 atom stereocenters. The van der Waals surface area contributed by atoms with Crippen LogP contribution >= 0.6 is 22.6 Å². The van der Waals surface area contributed by atoms with Gasteiger partial charge in [0, 0.05) is 6.20 Å². The van der Waals surface area contributed by atoms with E-state index in [0.717, 1.165) is 36.7 Å². The standard InChI is InChI=1S/C16H22IN3O6/c1-8-11(21)12(22)14(25-8)20-7-10(17)13(18-15(20)23)19-16(24)26-9-5-3-2-4-6-9/h7-9,11-12,14,21-22H,2-6H2,1H3,(H,18,19,23,24)/t8-,11?,12?,14-/m1/s1. The van der Waals surface area contributed by atoms with Crippen molar-refractivity contribution >= 4 is 34.5 Å². The molecule has 3 N–H and O–H groups in total. The van der Waals surface area contributed by atoms with Gasteiger partial charge in [0.05, 0.1) is 9.67 Å². The zero-order valence-electron chi connectivity index (χ0n) is 14.3. The maximum Gasteiger partial charge on any atom is 0.413 e. The van der Waals surface area contributed by atoms with Crippen molar-refractivity contribution in [2.75, 3.05) is 5.32 Å². The van der Waals surface area contributed by atoms with Gasteiger partial charge in [0.2, 0.25) is 0 Å². The lowest BCUT2D eigenvalue weighted by atomic mass is 9.98. The SMILES string of the molecule is C[C@H]1O[C@@H](n2cc(I)c(NC(=O)OC3CCCCC3)nc2=O)C(O)C1O. The van der Waals surface area contributed by atoms with Gasteiger partial charge in [-0.05, 0) is 55.2 Å².